The summed E-state index contributed by atoms with van der Waals surface area (Å²) >= 11 is 0. The summed E-state index contributed by atoms with van der Waals surface area (Å²) in [4.78, 5) is 0. The molecule has 21 heavy (non-hydrogen) atoms. The van der Waals surface area contributed by atoms with Crippen LogP contribution >= 0.6 is 0 Å². The fourth-order valence-electron chi connectivity index (χ4n) is 3.00. The van der Waals surface area contributed by atoms with Gasteiger partial charge < -0.3 is 5.32 Å². The quantitative estimate of drug-likeness (QED) is 0.785. The number of alkyl halides is 3. The van der Waals surface area contributed by atoms with Gasteiger partial charge in [-0.2, -0.15) is 13.2 Å². The molecule has 118 valence electrons. The van der Waals surface area contributed by atoms with Gasteiger partial charge in [0, 0.05) is 12.5 Å². The number of halogens is 3. The molecule has 1 aromatic rings. The minimum Gasteiger partial charge on any atom is -0.314 e. The Labute approximate surface area is 124 Å². The molecule has 0 spiro atoms. The van der Waals surface area contributed by atoms with Crippen LogP contribution < -0.4 is 5.32 Å². The van der Waals surface area contributed by atoms with Crippen molar-refractivity contribution in [3.63, 3.8) is 0 Å². The Morgan fingerprint density at radius 2 is 1.95 bits per heavy atom. The van der Waals surface area contributed by atoms with E-state index in [0.29, 0.717) is 6.42 Å². The van der Waals surface area contributed by atoms with Crippen LogP contribution in [0.1, 0.15) is 49.3 Å². The smallest absolute Gasteiger partial charge is 0.314 e. The third-order valence-electron chi connectivity index (χ3n) is 4.10. The van der Waals surface area contributed by atoms with Crippen molar-refractivity contribution in [1.29, 1.82) is 0 Å². The second-order valence-electron chi connectivity index (χ2n) is 5.97. The van der Waals surface area contributed by atoms with Crippen molar-refractivity contribution < 1.29 is 13.2 Å². The topological polar surface area (TPSA) is 12.0 Å². The summed E-state index contributed by atoms with van der Waals surface area (Å²) in [5, 5.41) is 3.26. The average Bonchev–Trinajstić information content (AvgIpc) is 2.88. The molecule has 1 atom stereocenters. The maximum Gasteiger partial charge on any atom is 0.389 e. The molecule has 1 aliphatic carbocycles. The van der Waals surface area contributed by atoms with E-state index in [1.165, 1.54) is 17.5 Å². The van der Waals surface area contributed by atoms with E-state index in [1.54, 1.807) is 0 Å². The number of fused-ring (bicyclic) bond motifs is 1. The molecule has 2 rings (SSSR count). The zero-order valence-corrected chi connectivity index (χ0v) is 12.6. The highest BCUT2D eigenvalue weighted by Gasteiger charge is 2.28. The van der Waals surface area contributed by atoms with Crippen LogP contribution in [0.15, 0.2) is 18.2 Å². The summed E-state index contributed by atoms with van der Waals surface area (Å²) in [5.41, 5.74) is 3.95. The van der Waals surface area contributed by atoms with Gasteiger partial charge in [-0.3, -0.25) is 0 Å². The van der Waals surface area contributed by atoms with Crippen LogP contribution in [0.2, 0.25) is 0 Å². The molecule has 0 amide bonds. The number of aryl methyl sites for hydroxylation is 2. The Hall–Kier alpha value is -1.03. The van der Waals surface area contributed by atoms with Crippen LogP contribution in [0, 0.1) is 0 Å². The maximum atomic E-state index is 12.4. The van der Waals surface area contributed by atoms with Crippen LogP contribution in [0.25, 0.3) is 0 Å². The van der Waals surface area contributed by atoms with E-state index in [0.717, 1.165) is 31.4 Å². The molecule has 1 nitrogen and oxygen atoms in total. The van der Waals surface area contributed by atoms with E-state index < -0.39 is 12.6 Å². The zero-order valence-electron chi connectivity index (χ0n) is 12.6. The molecule has 4 heteroatoms. The molecule has 0 saturated heterocycles. The van der Waals surface area contributed by atoms with E-state index in [1.807, 2.05) is 6.92 Å². The highest BCUT2D eigenvalue weighted by Crippen LogP contribution is 2.25. The lowest BCUT2D eigenvalue weighted by Crippen LogP contribution is -2.33. The number of rotatable bonds is 7. The van der Waals surface area contributed by atoms with E-state index >= 15 is 0 Å². The third-order valence-corrected chi connectivity index (χ3v) is 4.10. The Balaban J connectivity index is 1.96. The predicted octanol–water partition coefficient (Wildman–Crippen LogP) is 4.43. The van der Waals surface area contributed by atoms with E-state index in [9.17, 15) is 13.2 Å². The van der Waals surface area contributed by atoms with Gasteiger partial charge in [-0.1, -0.05) is 25.1 Å². The largest absolute Gasteiger partial charge is 0.389 e. The molecule has 1 aromatic carbocycles. The first kappa shape index (κ1) is 16.3. The standard InChI is InChI=1S/C17H24F3N/c1-2-10-21-16(8-9-17(18,19)20)12-13-6-7-14-4-3-5-15(14)11-13/h6-7,11,16,21H,2-5,8-10,12H2,1H3. The van der Waals surface area contributed by atoms with Crippen LogP contribution in [-0.4, -0.2) is 18.8 Å². The number of hydrogen-bond donors (Lipinski definition) is 1. The van der Waals surface area contributed by atoms with Crippen LogP contribution in [0.5, 0.6) is 0 Å². The van der Waals surface area contributed by atoms with Gasteiger partial charge in [0.2, 0.25) is 0 Å². The summed E-state index contributed by atoms with van der Waals surface area (Å²) in [6.07, 6.45) is 0.449. The van der Waals surface area contributed by atoms with Crippen molar-refractivity contribution in [3.8, 4) is 0 Å². The lowest BCUT2D eigenvalue weighted by Gasteiger charge is -2.20. The van der Waals surface area contributed by atoms with Crippen molar-refractivity contribution in [2.75, 3.05) is 6.54 Å². The minimum absolute atomic E-state index is 0.0916. The lowest BCUT2D eigenvalue weighted by molar-refractivity contribution is -0.136. The summed E-state index contributed by atoms with van der Waals surface area (Å²) in [6.45, 7) is 2.80. The Kier molecular flexibility index (Phi) is 5.68. The van der Waals surface area contributed by atoms with E-state index in [4.69, 9.17) is 0 Å². The number of nitrogens with one attached hydrogen (secondary N) is 1. The zero-order chi connectivity index (χ0) is 15.3. The summed E-state index contributed by atoms with van der Waals surface area (Å²) in [5.74, 6) is 0. The first-order valence-corrected chi connectivity index (χ1v) is 7.89. The van der Waals surface area contributed by atoms with Gasteiger partial charge in [-0.25, -0.2) is 0 Å². The number of hydrogen-bond acceptors (Lipinski definition) is 1. The molecule has 0 aliphatic heterocycles. The highest BCUT2D eigenvalue weighted by molar-refractivity contribution is 5.35. The number of benzene rings is 1. The molecule has 0 aromatic heterocycles. The van der Waals surface area contributed by atoms with Gasteiger partial charge in [-0.15, -0.1) is 0 Å². The predicted molar refractivity (Wildman–Crippen MR) is 79.5 cm³/mol. The molecule has 0 radical (unpaired) electrons. The molecular weight excluding hydrogens is 275 g/mol. The summed E-state index contributed by atoms with van der Waals surface area (Å²) in [7, 11) is 0. The first-order chi connectivity index (χ1) is 9.98. The lowest BCUT2D eigenvalue weighted by atomic mass is 9.98. The van der Waals surface area contributed by atoms with Gasteiger partial charge in [0.15, 0.2) is 0 Å². The highest BCUT2D eigenvalue weighted by atomic mass is 19.4. The van der Waals surface area contributed by atoms with Crippen molar-refractivity contribution in [2.45, 2.75) is 64.1 Å². The average molecular weight is 299 g/mol. The monoisotopic (exact) mass is 299 g/mol. The SMILES string of the molecule is CCCNC(CCC(F)(F)F)Cc1ccc2c(c1)CCC2. The van der Waals surface area contributed by atoms with Gasteiger partial charge in [0.25, 0.3) is 0 Å². The summed E-state index contributed by atoms with van der Waals surface area (Å²) < 4.78 is 37.3. The molecule has 0 heterocycles. The van der Waals surface area contributed by atoms with Crippen molar-refractivity contribution in [3.05, 3.63) is 34.9 Å². The Bertz CT molecular complexity index is 454. The van der Waals surface area contributed by atoms with Crippen LogP contribution in [-0.2, 0) is 19.3 Å². The molecular formula is C17H24F3N. The Morgan fingerprint density at radius 3 is 2.67 bits per heavy atom. The van der Waals surface area contributed by atoms with E-state index in [-0.39, 0.29) is 12.5 Å². The fraction of sp³-hybridized carbons (Fsp3) is 0.647. The van der Waals surface area contributed by atoms with Crippen LogP contribution in [0.3, 0.4) is 0 Å². The van der Waals surface area contributed by atoms with Gasteiger partial charge in [-0.05, 0) is 61.8 Å². The van der Waals surface area contributed by atoms with Gasteiger partial charge >= 0.3 is 6.18 Å². The second-order valence-corrected chi connectivity index (χ2v) is 5.97. The van der Waals surface area contributed by atoms with Crippen molar-refractivity contribution in [2.24, 2.45) is 0 Å². The van der Waals surface area contributed by atoms with Gasteiger partial charge in [0.1, 0.15) is 0 Å². The molecule has 0 fully saturated rings. The minimum atomic E-state index is -4.07. The fourth-order valence-corrected chi connectivity index (χ4v) is 3.00. The molecule has 1 unspecified atom stereocenters. The first-order valence-electron chi connectivity index (χ1n) is 7.89. The van der Waals surface area contributed by atoms with Crippen LogP contribution in [0.4, 0.5) is 13.2 Å². The maximum absolute atomic E-state index is 12.4. The third kappa shape index (κ3) is 5.34. The molecule has 1 N–H and O–H groups in total. The molecule has 0 saturated carbocycles. The Morgan fingerprint density at radius 1 is 1.19 bits per heavy atom. The van der Waals surface area contributed by atoms with Crippen molar-refractivity contribution in [1.82, 2.24) is 5.32 Å². The summed E-state index contributed by atoms with van der Waals surface area (Å²) in [6, 6.07) is 6.33. The van der Waals surface area contributed by atoms with Crippen molar-refractivity contribution >= 4 is 0 Å². The van der Waals surface area contributed by atoms with E-state index in [2.05, 4.69) is 23.5 Å². The molecule has 1 aliphatic rings. The second kappa shape index (κ2) is 7.30. The normalized spacial score (nSPS) is 16.0. The van der Waals surface area contributed by atoms with Gasteiger partial charge in [0.05, 0.1) is 0 Å². The molecule has 0 bridgehead atoms.